The van der Waals surface area contributed by atoms with Gasteiger partial charge in [0.1, 0.15) is 5.76 Å². The van der Waals surface area contributed by atoms with E-state index < -0.39 is 0 Å². The molecule has 3 aromatic rings. The van der Waals surface area contributed by atoms with Crippen LogP contribution in [-0.2, 0) is 11.5 Å². The average Bonchev–Trinajstić information content (AvgIpc) is 3.09. The number of rotatable bonds is 5. The van der Waals surface area contributed by atoms with Crippen LogP contribution < -0.4 is 0 Å². The summed E-state index contributed by atoms with van der Waals surface area (Å²) in [6.45, 7) is 3.86. The van der Waals surface area contributed by atoms with Crippen molar-refractivity contribution in [2.24, 2.45) is 0 Å². The van der Waals surface area contributed by atoms with E-state index in [1.807, 2.05) is 38.1 Å². The fourth-order valence-corrected chi connectivity index (χ4v) is 3.21. The summed E-state index contributed by atoms with van der Waals surface area (Å²) in [6.07, 6.45) is 0. The Hall–Kier alpha value is -1.79. The van der Waals surface area contributed by atoms with Crippen molar-refractivity contribution >= 4 is 23.4 Å². The predicted octanol–water partition coefficient (Wildman–Crippen LogP) is 4.43. The van der Waals surface area contributed by atoms with E-state index in [2.05, 4.69) is 15.3 Å². The molecule has 0 amide bonds. The zero-order chi connectivity index (χ0) is 15.5. The molecule has 0 aliphatic rings. The Morgan fingerprint density at radius 3 is 2.73 bits per heavy atom. The Kier molecular flexibility index (Phi) is 4.49. The van der Waals surface area contributed by atoms with Crippen LogP contribution in [0.3, 0.4) is 0 Å². The van der Waals surface area contributed by atoms with Crippen LogP contribution >= 0.6 is 23.4 Å². The van der Waals surface area contributed by atoms with E-state index in [-0.39, 0.29) is 0 Å². The van der Waals surface area contributed by atoms with Crippen LogP contribution in [0.15, 0.2) is 33.3 Å². The minimum Gasteiger partial charge on any atom is -0.361 e. The third-order valence-corrected chi connectivity index (χ3v) is 4.38. The highest BCUT2D eigenvalue weighted by Gasteiger charge is 2.12. The predicted molar refractivity (Wildman–Crippen MR) is 85.7 cm³/mol. The molecule has 0 unspecified atom stereocenters. The number of nitrogens with zero attached hydrogens (tertiary/aromatic N) is 3. The highest BCUT2D eigenvalue weighted by atomic mass is 35.5. The Morgan fingerprint density at radius 1 is 1.14 bits per heavy atom. The van der Waals surface area contributed by atoms with Gasteiger partial charge in [0.15, 0.2) is 0 Å². The van der Waals surface area contributed by atoms with Crippen LogP contribution in [0.2, 0.25) is 5.02 Å². The Balaban J connectivity index is 1.63. The molecule has 1 aromatic carbocycles. The van der Waals surface area contributed by atoms with E-state index in [0.29, 0.717) is 22.5 Å². The molecular weight excluding hydrogens is 322 g/mol. The van der Waals surface area contributed by atoms with Gasteiger partial charge in [0, 0.05) is 21.9 Å². The van der Waals surface area contributed by atoms with Crippen molar-refractivity contribution in [2.75, 3.05) is 0 Å². The Morgan fingerprint density at radius 2 is 2.00 bits per heavy atom. The zero-order valence-corrected chi connectivity index (χ0v) is 13.7. The topological polar surface area (TPSA) is 65.0 Å². The van der Waals surface area contributed by atoms with E-state index in [4.69, 9.17) is 20.6 Å². The number of hydrogen-bond donors (Lipinski definition) is 0. The van der Waals surface area contributed by atoms with Crippen molar-refractivity contribution in [1.29, 1.82) is 0 Å². The summed E-state index contributed by atoms with van der Waals surface area (Å²) in [7, 11) is 0. The van der Waals surface area contributed by atoms with Crippen molar-refractivity contribution in [3.63, 3.8) is 0 Å². The van der Waals surface area contributed by atoms with Crippen LogP contribution in [0, 0.1) is 13.8 Å². The van der Waals surface area contributed by atoms with Gasteiger partial charge in [0.2, 0.25) is 11.7 Å². The lowest BCUT2D eigenvalue weighted by Gasteiger charge is -1.97. The maximum atomic E-state index is 5.97. The zero-order valence-electron chi connectivity index (χ0n) is 12.2. The molecule has 0 saturated heterocycles. The van der Waals surface area contributed by atoms with Crippen molar-refractivity contribution < 1.29 is 9.05 Å². The molecule has 0 fully saturated rings. The second-order valence-electron chi connectivity index (χ2n) is 4.82. The minimum absolute atomic E-state index is 0.551. The number of hydrogen-bond acceptors (Lipinski definition) is 6. The number of aryl methyl sites for hydroxylation is 2. The van der Waals surface area contributed by atoms with E-state index >= 15 is 0 Å². The molecule has 0 radical (unpaired) electrons. The van der Waals surface area contributed by atoms with Crippen molar-refractivity contribution in [3.05, 3.63) is 52.2 Å². The minimum atomic E-state index is 0.551. The average molecular weight is 336 g/mol. The first kappa shape index (κ1) is 15.1. The highest BCUT2D eigenvalue weighted by Crippen LogP contribution is 2.24. The quantitative estimate of drug-likeness (QED) is 0.687. The lowest BCUT2D eigenvalue weighted by atomic mass is 10.2. The molecule has 3 rings (SSSR count). The van der Waals surface area contributed by atoms with Gasteiger partial charge < -0.3 is 9.05 Å². The first-order chi connectivity index (χ1) is 10.6. The van der Waals surface area contributed by atoms with Gasteiger partial charge in [-0.1, -0.05) is 34.0 Å². The van der Waals surface area contributed by atoms with Crippen LogP contribution in [0.5, 0.6) is 0 Å². The standard InChI is InChI=1S/C15H14ClN3O2S/c1-9-13(10(2)20-18-9)7-22-8-14-17-15(19-21-14)11-4-3-5-12(16)6-11/h3-6H,7-8H2,1-2H3. The van der Waals surface area contributed by atoms with Gasteiger partial charge in [0.25, 0.3) is 0 Å². The fourth-order valence-electron chi connectivity index (χ4n) is 2.01. The molecule has 0 N–H and O–H groups in total. The van der Waals surface area contributed by atoms with Crippen LogP contribution in [0.25, 0.3) is 11.4 Å². The Bertz CT molecular complexity index is 765. The van der Waals surface area contributed by atoms with Crippen molar-refractivity contribution in [3.8, 4) is 11.4 Å². The molecule has 2 heterocycles. The maximum Gasteiger partial charge on any atom is 0.236 e. The molecule has 5 nitrogen and oxygen atoms in total. The SMILES string of the molecule is Cc1noc(C)c1CSCc1nc(-c2cccc(Cl)c2)no1. The van der Waals surface area contributed by atoms with Crippen molar-refractivity contribution in [1.82, 2.24) is 15.3 Å². The molecule has 2 aromatic heterocycles. The lowest BCUT2D eigenvalue weighted by Crippen LogP contribution is -1.87. The second kappa shape index (κ2) is 6.54. The van der Waals surface area contributed by atoms with Gasteiger partial charge in [0.05, 0.1) is 11.4 Å². The third-order valence-electron chi connectivity index (χ3n) is 3.20. The van der Waals surface area contributed by atoms with E-state index in [0.717, 1.165) is 28.3 Å². The second-order valence-corrected chi connectivity index (χ2v) is 6.24. The largest absolute Gasteiger partial charge is 0.361 e. The first-order valence-corrected chi connectivity index (χ1v) is 8.25. The summed E-state index contributed by atoms with van der Waals surface area (Å²) < 4.78 is 10.4. The molecule has 0 aliphatic heterocycles. The summed E-state index contributed by atoms with van der Waals surface area (Å²) in [4.78, 5) is 4.39. The summed E-state index contributed by atoms with van der Waals surface area (Å²) in [6, 6.07) is 7.39. The van der Waals surface area contributed by atoms with Gasteiger partial charge in [-0.2, -0.15) is 4.98 Å². The summed E-state index contributed by atoms with van der Waals surface area (Å²) in [5.74, 6) is 3.44. The fraction of sp³-hybridized carbons (Fsp3) is 0.267. The first-order valence-electron chi connectivity index (χ1n) is 6.71. The number of thioether (sulfide) groups is 1. The highest BCUT2D eigenvalue weighted by molar-refractivity contribution is 7.97. The molecule has 7 heteroatoms. The monoisotopic (exact) mass is 335 g/mol. The lowest BCUT2D eigenvalue weighted by molar-refractivity contribution is 0.391. The molecule has 22 heavy (non-hydrogen) atoms. The number of benzene rings is 1. The van der Waals surface area contributed by atoms with Gasteiger partial charge in [-0.3, -0.25) is 0 Å². The summed E-state index contributed by atoms with van der Waals surface area (Å²) in [5, 5.41) is 8.58. The maximum absolute atomic E-state index is 5.97. The van der Waals surface area contributed by atoms with Gasteiger partial charge in [-0.25, -0.2) is 0 Å². The third kappa shape index (κ3) is 3.34. The molecule has 0 saturated carbocycles. The van der Waals surface area contributed by atoms with Crippen LogP contribution in [-0.4, -0.2) is 15.3 Å². The number of halogens is 1. The van der Waals surface area contributed by atoms with E-state index in [1.165, 1.54) is 0 Å². The van der Waals surface area contributed by atoms with Gasteiger partial charge in [-0.15, -0.1) is 11.8 Å². The van der Waals surface area contributed by atoms with Crippen molar-refractivity contribution in [2.45, 2.75) is 25.4 Å². The Labute approximate surface area is 137 Å². The summed E-state index contributed by atoms with van der Waals surface area (Å²) >= 11 is 7.65. The smallest absolute Gasteiger partial charge is 0.236 e. The number of aromatic nitrogens is 3. The van der Waals surface area contributed by atoms with Crippen LogP contribution in [0.4, 0.5) is 0 Å². The molecular formula is C15H14ClN3O2S. The molecule has 0 atom stereocenters. The molecule has 0 spiro atoms. The molecule has 0 bridgehead atoms. The molecule has 114 valence electrons. The van der Waals surface area contributed by atoms with E-state index in [9.17, 15) is 0 Å². The van der Waals surface area contributed by atoms with Gasteiger partial charge >= 0.3 is 0 Å². The van der Waals surface area contributed by atoms with Gasteiger partial charge in [-0.05, 0) is 26.0 Å². The summed E-state index contributed by atoms with van der Waals surface area (Å²) in [5.41, 5.74) is 2.90. The van der Waals surface area contributed by atoms with E-state index in [1.54, 1.807) is 11.8 Å². The normalized spacial score (nSPS) is 11.0. The van der Waals surface area contributed by atoms with Crippen LogP contribution in [0.1, 0.15) is 22.9 Å². The molecule has 0 aliphatic carbocycles.